The van der Waals surface area contributed by atoms with E-state index in [0.29, 0.717) is 25.9 Å². The summed E-state index contributed by atoms with van der Waals surface area (Å²) in [4.78, 5) is 14.3. The first-order valence-corrected chi connectivity index (χ1v) is 6.53. The summed E-state index contributed by atoms with van der Waals surface area (Å²) in [6, 6.07) is 11.5. The van der Waals surface area contributed by atoms with Crippen molar-refractivity contribution in [3.8, 4) is 6.07 Å². The minimum absolute atomic E-state index is 0.0149. The summed E-state index contributed by atoms with van der Waals surface area (Å²) in [6.07, 6.45) is 0.989. The molecule has 0 fully saturated rings. The van der Waals surface area contributed by atoms with Crippen LogP contribution in [0.3, 0.4) is 0 Å². The molecule has 2 N–H and O–H groups in total. The first-order chi connectivity index (χ1) is 9.09. The molecule has 19 heavy (non-hydrogen) atoms. The molecule has 0 aromatic heterocycles. The minimum Gasteiger partial charge on any atom is -0.329 e. The van der Waals surface area contributed by atoms with Gasteiger partial charge in [-0.05, 0) is 25.5 Å². The summed E-state index contributed by atoms with van der Waals surface area (Å²) < 4.78 is 0. The molecule has 1 atom stereocenters. The van der Waals surface area contributed by atoms with Gasteiger partial charge in [-0.15, -0.1) is 0 Å². The van der Waals surface area contributed by atoms with Crippen molar-refractivity contribution in [2.75, 3.05) is 18.0 Å². The number of rotatable bonds is 6. The fourth-order valence-electron chi connectivity index (χ4n) is 1.83. The van der Waals surface area contributed by atoms with Crippen LogP contribution in [0.2, 0.25) is 0 Å². The van der Waals surface area contributed by atoms with Gasteiger partial charge in [0.2, 0.25) is 5.91 Å². The first kappa shape index (κ1) is 15.2. The molecular weight excluding hydrogens is 238 g/mol. The number of hydrogen-bond donors (Lipinski definition) is 1. The molecule has 1 amide bonds. The van der Waals surface area contributed by atoms with Crippen LogP contribution in [0.15, 0.2) is 30.3 Å². The van der Waals surface area contributed by atoms with Crippen LogP contribution in [0.25, 0.3) is 0 Å². The molecule has 0 spiro atoms. The number of anilines is 1. The Morgan fingerprint density at radius 3 is 2.53 bits per heavy atom. The van der Waals surface area contributed by atoms with E-state index < -0.39 is 5.41 Å². The summed E-state index contributed by atoms with van der Waals surface area (Å²) >= 11 is 0. The lowest BCUT2D eigenvalue weighted by Crippen LogP contribution is -2.46. The highest BCUT2D eigenvalue weighted by molar-refractivity contribution is 5.97. The van der Waals surface area contributed by atoms with Gasteiger partial charge in [-0.1, -0.05) is 25.1 Å². The van der Waals surface area contributed by atoms with Crippen LogP contribution in [0.1, 0.15) is 26.7 Å². The number of nitrogens with two attached hydrogens (primary N) is 1. The van der Waals surface area contributed by atoms with Crippen molar-refractivity contribution in [2.24, 2.45) is 11.1 Å². The third kappa shape index (κ3) is 3.55. The Morgan fingerprint density at radius 2 is 2.05 bits per heavy atom. The Balaban J connectivity index is 3.05. The predicted molar refractivity (Wildman–Crippen MR) is 76.5 cm³/mol. The smallest absolute Gasteiger partial charge is 0.234 e. The number of amides is 1. The average Bonchev–Trinajstić information content (AvgIpc) is 2.47. The molecule has 0 aliphatic carbocycles. The lowest BCUT2D eigenvalue weighted by Gasteiger charge is -2.32. The van der Waals surface area contributed by atoms with Crippen LogP contribution in [-0.2, 0) is 4.79 Å². The number of benzene rings is 1. The van der Waals surface area contributed by atoms with Crippen LogP contribution in [0.4, 0.5) is 5.69 Å². The van der Waals surface area contributed by atoms with Crippen molar-refractivity contribution < 1.29 is 4.79 Å². The Labute approximate surface area is 114 Å². The molecule has 1 aromatic carbocycles. The van der Waals surface area contributed by atoms with Crippen molar-refractivity contribution in [2.45, 2.75) is 26.7 Å². The number of hydrogen-bond acceptors (Lipinski definition) is 3. The van der Waals surface area contributed by atoms with Crippen LogP contribution < -0.4 is 10.6 Å². The molecule has 0 saturated heterocycles. The molecule has 102 valence electrons. The molecule has 0 radical (unpaired) electrons. The van der Waals surface area contributed by atoms with E-state index in [9.17, 15) is 4.79 Å². The zero-order valence-electron chi connectivity index (χ0n) is 11.6. The third-order valence-corrected chi connectivity index (χ3v) is 3.51. The van der Waals surface area contributed by atoms with Crippen LogP contribution >= 0.6 is 0 Å². The molecule has 1 unspecified atom stereocenters. The first-order valence-electron chi connectivity index (χ1n) is 6.53. The molecular formula is C15H21N3O. The van der Waals surface area contributed by atoms with Gasteiger partial charge in [0.05, 0.1) is 17.9 Å². The van der Waals surface area contributed by atoms with Gasteiger partial charge in [-0.2, -0.15) is 5.26 Å². The van der Waals surface area contributed by atoms with Crippen molar-refractivity contribution in [3.63, 3.8) is 0 Å². The van der Waals surface area contributed by atoms with Gasteiger partial charge in [-0.25, -0.2) is 0 Å². The van der Waals surface area contributed by atoms with E-state index >= 15 is 0 Å². The SMILES string of the molecule is CCC(C)(CN)C(=O)N(CCC#N)c1ccccc1. The van der Waals surface area contributed by atoms with Crippen LogP contribution in [-0.4, -0.2) is 19.0 Å². The maximum absolute atomic E-state index is 12.7. The molecule has 1 rings (SSSR count). The number of para-hydroxylation sites is 1. The van der Waals surface area contributed by atoms with Crippen LogP contribution in [0.5, 0.6) is 0 Å². The minimum atomic E-state index is -0.578. The second-order valence-corrected chi connectivity index (χ2v) is 4.82. The fraction of sp³-hybridized carbons (Fsp3) is 0.467. The number of carbonyl (C=O) groups excluding carboxylic acids is 1. The molecule has 1 aromatic rings. The largest absolute Gasteiger partial charge is 0.329 e. The average molecular weight is 259 g/mol. The van der Waals surface area contributed by atoms with Crippen molar-refractivity contribution in [3.05, 3.63) is 30.3 Å². The van der Waals surface area contributed by atoms with E-state index in [1.807, 2.05) is 44.2 Å². The highest BCUT2D eigenvalue weighted by Gasteiger charge is 2.34. The summed E-state index contributed by atoms with van der Waals surface area (Å²) in [5.74, 6) is -0.0149. The highest BCUT2D eigenvalue weighted by Crippen LogP contribution is 2.26. The van der Waals surface area contributed by atoms with Gasteiger partial charge in [-0.3, -0.25) is 4.79 Å². The maximum atomic E-state index is 12.7. The molecule has 4 heteroatoms. The van der Waals surface area contributed by atoms with Gasteiger partial charge in [0.1, 0.15) is 0 Å². The van der Waals surface area contributed by atoms with E-state index in [2.05, 4.69) is 6.07 Å². The summed E-state index contributed by atoms with van der Waals surface area (Å²) in [7, 11) is 0. The standard InChI is InChI=1S/C15H21N3O/c1-3-15(2,12-17)14(19)18(11-7-10-16)13-8-5-4-6-9-13/h4-6,8-9H,3,7,11-12,17H2,1-2H3. The second-order valence-electron chi connectivity index (χ2n) is 4.82. The Kier molecular flexibility index (Phi) is 5.53. The maximum Gasteiger partial charge on any atom is 0.234 e. The number of carbonyl (C=O) groups is 1. The number of nitrogens with zero attached hydrogens (tertiary/aromatic N) is 2. The van der Waals surface area contributed by atoms with Gasteiger partial charge >= 0.3 is 0 Å². The molecule has 4 nitrogen and oxygen atoms in total. The third-order valence-electron chi connectivity index (χ3n) is 3.51. The van der Waals surface area contributed by atoms with E-state index in [1.165, 1.54) is 0 Å². The predicted octanol–water partition coefficient (Wildman–Crippen LogP) is 2.31. The summed E-state index contributed by atoms with van der Waals surface area (Å²) in [5.41, 5.74) is 5.99. The lowest BCUT2D eigenvalue weighted by atomic mass is 9.85. The zero-order valence-corrected chi connectivity index (χ0v) is 11.6. The van der Waals surface area contributed by atoms with E-state index in [0.717, 1.165) is 5.69 Å². The lowest BCUT2D eigenvalue weighted by molar-refractivity contribution is -0.127. The summed E-state index contributed by atoms with van der Waals surface area (Å²) in [5, 5.41) is 8.75. The van der Waals surface area contributed by atoms with E-state index in [-0.39, 0.29) is 5.91 Å². The highest BCUT2D eigenvalue weighted by atomic mass is 16.2. The topological polar surface area (TPSA) is 70.1 Å². The van der Waals surface area contributed by atoms with Gasteiger partial charge in [0.25, 0.3) is 0 Å². The van der Waals surface area contributed by atoms with Crippen molar-refractivity contribution in [1.29, 1.82) is 5.26 Å². The quantitative estimate of drug-likeness (QED) is 0.852. The van der Waals surface area contributed by atoms with Crippen LogP contribution in [0, 0.1) is 16.7 Å². The van der Waals surface area contributed by atoms with Crippen molar-refractivity contribution in [1.82, 2.24) is 0 Å². The van der Waals surface area contributed by atoms with Gasteiger partial charge in [0.15, 0.2) is 0 Å². The molecule has 0 heterocycles. The Hall–Kier alpha value is -1.86. The monoisotopic (exact) mass is 259 g/mol. The van der Waals surface area contributed by atoms with Gasteiger partial charge < -0.3 is 10.6 Å². The van der Waals surface area contributed by atoms with E-state index in [4.69, 9.17) is 11.0 Å². The van der Waals surface area contributed by atoms with E-state index in [1.54, 1.807) is 4.90 Å². The fourth-order valence-corrected chi connectivity index (χ4v) is 1.83. The zero-order chi connectivity index (χ0) is 14.3. The summed E-state index contributed by atoms with van der Waals surface area (Å²) in [6.45, 7) is 4.53. The normalized spacial score (nSPS) is 13.4. The number of nitriles is 1. The Morgan fingerprint density at radius 1 is 1.42 bits per heavy atom. The molecule has 0 aliphatic heterocycles. The molecule has 0 saturated carbocycles. The van der Waals surface area contributed by atoms with Crippen molar-refractivity contribution >= 4 is 11.6 Å². The second kappa shape index (κ2) is 6.91. The molecule has 0 aliphatic rings. The molecule has 0 bridgehead atoms. The Bertz CT molecular complexity index is 446. The van der Waals surface area contributed by atoms with Gasteiger partial charge in [0, 0.05) is 18.8 Å².